The van der Waals surface area contributed by atoms with Gasteiger partial charge >= 0.3 is 0 Å². The summed E-state index contributed by atoms with van der Waals surface area (Å²) in [6.07, 6.45) is 1.90. The van der Waals surface area contributed by atoms with Crippen LogP contribution in [0.25, 0.3) is 0 Å². The van der Waals surface area contributed by atoms with Crippen LogP contribution < -0.4 is 5.73 Å². The number of nitrogens with two attached hydrogens (primary N) is 1. The Morgan fingerprint density at radius 1 is 1.33 bits per heavy atom. The van der Waals surface area contributed by atoms with Crippen molar-refractivity contribution in [3.63, 3.8) is 0 Å². The van der Waals surface area contributed by atoms with E-state index < -0.39 is 0 Å². The first-order chi connectivity index (χ1) is 7.02. The standard InChI is InChI=1S/C12H21N3/c1-5-8(2)12-14-10(4)7-11(15-12)6-9(3)13/h7-9H,5-6,13H2,1-4H3. The normalized spacial score (nSPS) is 15.0. The van der Waals surface area contributed by atoms with Crippen molar-refractivity contribution in [2.45, 2.75) is 52.5 Å². The SMILES string of the molecule is CCC(C)c1nc(C)cc(CC(C)N)n1. The van der Waals surface area contributed by atoms with Crippen molar-refractivity contribution in [3.05, 3.63) is 23.3 Å². The highest BCUT2D eigenvalue weighted by Gasteiger charge is 2.09. The third-order valence-corrected chi connectivity index (χ3v) is 2.51. The quantitative estimate of drug-likeness (QED) is 0.823. The van der Waals surface area contributed by atoms with E-state index in [0.29, 0.717) is 5.92 Å². The van der Waals surface area contributed by atoms with Crippen molar-refractivity contribution < 1.29 is 0 Å². The lowest BCUT2D eigenvalue weighted by Gasteiger charge is -2.11. The summed E-state index contributed by atoms with van der Waals surface area (Å²) in [4.78, 5) is 9.01. The molecule has 0 aliphatic carbocycles. The predicted molar refractivity (Wildman–Crippen MR) is 62.8 cm³/mol. The molecule has 15 heavy (non-hydrogen) atoms. The second kappa shape index (κ2) is 5.21. The largest absolute Gasteiger partial charge is 0.328 e. The maximum Gasteiger partial charge on any atom is 0.131 e. The first-order valence-electron chi connectivity index (χ1n) is 5.63. The molecule has 0 amide bonds. The maximum absolute atomic E-state index is 5.77. The first-order valence-corrected chi connectivity index (χ1v) is 5.63. The minimum Gasteiger partial charge on any atom is -0.328 e. The van der Waals surface area contributed by atoms with Gasteiger partial charge in [0.05, 0.1) is 0 Å². The average molecular weight is 207 g/mol. The maximum atomic E-state index is 5.77. The van der Waals surface area contributed by atoms with Crippen molar-refractivity contribution in [2.75, 3.05) is 0 Å². The Morgan fingerprint density at radius 3 is 2.53 bits per heavy atom. The minimum absolute atomic E-state index is 0.157. The van der Waals surface area contributed by atoms with Crippen LogP contribution in [0.5, 0.6) is 0 Å². The zero-order valence-corrected chi connectivity index (χ0v) is 10.1. The number of rotatable bonds is 4. The molecule has 2 unspecified atom stereocenters. The van der Waals surface area contributed by atoms with E-state index >= 15 is 0 Å². The van der Waals surface area contributed by atoms with E-state index in [1.165, 1.54) is 0 Å². The van der Waals surface area contributed by atoms with E-state index in [4.69, 9.17) is 5.73 Å². The Bertz CT molecular complexity index is 321. The minimum atomic E-state index is 0.157. The zero-order valence-electron chi connectivity index (χ0n) is 10.1. The Hall–Kier alpha value is -0.960. The lowest BCUT2D eigenvalue weighted by molar-refractivity contribution is 0.651. The number of aryl methyl sites for hydroxylation is 1. The fraction of sp³-hybridized carbons (Fsp3) is 0.667. The van der Waals surface area contributed by atoms with Gasteiger partial charge in [0.2, 0.25) is 0 Å². The zero-order chi connectivity index (χ0) is 11.4. The van der Waals surface area contributed by atoms with E-state index in [-0.39, 0.29) is 6.04 Å². The lowest BCUT2D eigenvalue weighted by atomic mass is 10.1. The van der Waals surface area contributed by atoms with E-state index in [9.17, 15) is 0 Å². The van der Waals surface area contributed by atoms with Crippen LogP contribution in [0.2, 0.25) is 0 Å². The van der Waals surface area contributed by atoms with Crippen LogP contribution in [-0.4, -0.2) is 16.0 Å². The lowest BCUT2D eigenvalue weighted by Crippen LogP contribution is -2.19. The number of aromatic nitrogens is 2. The Kier molecular flexibility index (Phi) is 4.21. The molecule has 3 nitrogen and oxygen atoms in total. The second-order valence-electron chi connectivity index (χ2n) is 4.35. The van der Waals surface area contributed by atoms with Crippen molar-refractivity contribution in [2.24, 2.45) is 5.73 Å². The first kappa shape index (κ1) is 12.1. The van der Waals surface area contributed by atoms with Crippen LogP contribution in [0.15, 0.2) is 6.07 Å². The summed E-state index contributed by atoms with van der Waals surface area (Å²) in [5, 5.41) is 0. The third-order valence-electron chi connectivity index (χ3n) is 2.51. The van der Waals surface area contributed by atoms with Crippen LogP contribution in [0.3, 0.4) is 0 Å². The van der Waals surface area contributed by atoms with Gasteiger partial charge in [0, 0.05) is 29.8 Å². The Balaban J connectivity index is 2.94. The predicted octanol–water partition coefficient (Wildman–Crippen LogP) is 2.19. The molecule has 2 N–H and O–H groups in total. The number of hydrogen-bond donors (Lipinski definition) is 1. The molecule has 0 aliphatic rings. The van der Waals surface area contributed by atoms with Gasteiger partial charge in [-0.15, -0.1) is 0 Å². The smallest absolute Gasteiger partial charge is 0.131 e. The van der Waals surface area contributed by atoms with Gasteiger partial charge in [-0.05, 0) is 26.3 Å². The van der Waals surface area contributed by atoms with Crippen molar-refractivity contribution >= 4 is 0 Å². The van der Waals surface area contributed by atoms with Crippen molar-refractivity contribution in [3.8, 4) is 0 Å². The molecule has 1 aromatic rings. The molecule has 0 aromatic carbocycles. The van der Waals surface area contributed by atoms with Gasteiger partial charge in [0.25, 0.3) is 0 Å². The molecule has 0 saturated heterocycles. The molecule has 0 bridgehead atoms. The van der Waals surface area contributed by atoms with Gasteiger partial charge in [-0.25, -0.2) is 9.97 Å². The second-order valence-corrected chi connectivity index (χ2v) is 4.35. The van der Waals surface area contributed by atoms with Crippen LogP contribution in [0.4, 0.5) is 0 Å². The van der Waals surface area contributed by atoms with Crippen LogP contribution in [-0.2, 0) is 6.42 Å². The van der Waals surface area contributed by atoms with Crippen LogP contribution in [0.1, 0.15) is 50.3 Å². The highest BCUT2D eigenvalue weighted by molar-refractivity contribution is 5.12. The molecule has 0 fully saturated rings. The Morgan fingerprint density at radius 2 is 2.00 bits per heavy atom. The highest BCUT2D eigenvalue weighted by atomic mass is 14.9. The summed E-state index contributed by atoms with van der Waals surface area (Å²) in [6.45, 7) is 8.32. The fourth-order valence-corrected chi connectivity index (χ4v) is 1.50. The van der Waals surface area contributed by atoms with Crippen molar-refractivity contribution in [1.82, 2.24) is 9.97 Å². The Labute approximate surface area is 92.1 Å². The van der Waals surface area contributed by atoms with E-state index in [1.54, 1.807) is 0 Å². The summed E-state index contributed by atoms with van der Waals surface area (Å²) in [5.41, 5.74) is 7.87. The summed E-state index contributed by atoms with van der Waals surface area (Å²) in [5.74, 6) is 1.38. The topological polar surface area (TPSA) is 51.8 Å². The molecule has 1 aromatic heterocycles. The fourth-order valence-electron chi connectivity index (χ4n) is 1.50. The summed E-state index contributed by atoms with van der Waals surface area (Å²) in [7, 11) is 0. The average Bonchev–Trinajstić information content (AvgIpc) is 2.14. The van der Waals surface area contributed by atoms with Crippen LogP contribution >= 0.6 is 0 Å². The van der Waals surface area contributed by atoms with E-state index in [0.717, 1.165) is 30.1 Å². The molecule has 0 radical (unpaired) electrons. The van der Waals surface area contributed by atoms with Gasteiger partial charge < -0.3 is 5.73 Å². The van der Waals surface area contributed by atoms with Gasteiger partial charge in [-0.2, -0.15) is 0 Å². The molecule has 0 saturated carbocycles. The summed E-state index contributed by atoms with van der Waals surface area (Å²) >= 11 is 0. The van der Waals surface area contributed by atoms with E-state index in [1.807, 2.05) is 19.9 Å². The van der Waals surface area contributed by atoms with Gasteiger partial charge in [0.1, 0.15) is 5.82 Å². The monoisotopic (exact) mass is 207 g/mol. The summed E-state index contributed by atoms with van der Waals surface area (Å²) < 4.78 is 0. The molecule has 1 heterocycles. The molecule has 1 rings (SSSR count). The molecule has 0 aliphatic heterocycles. The molecule has 2 atom stereocenters. The number of nitrogens with zero attached hydrogens (tertiary/aromatic N) is 2. The molecular formula is C12H21N3. The third kappa shape index (κ3) is 3.59. The summed E-state index contributed by atoms with van der Waals surface area (Å²) in [6, 6.07) is 2.18. The van der Waals surface area contributed by atoms with Gasteiger partial charge in [0.15, 0.2) is 0 Å². The highest BCUT2D eigenvalue weighted by Crippen LogP contribution is 2.15. The van der Waals surface area contributed by atoms with Crippen LogP contribution in [0, 0.1) is 6.92 Å². The molecule has 3 heteroatoms. The van der Waals surface area contributed by atoms with Gasteiger partial charge in [-0.1, -0.05) is 13.8 Å². The number of hydrogen-bond acceptors (Lipinski definition) is 3. The van der Waals surface area contributed by atoms with Gasteiger partial charge in [-0.3, -0.25) is 0 Å². The molecule has 84 valence electrons. The molecular weight excluding hydrogens is 186 g/mol. The molecule has 0 spiro atoms. The van der Waals surface area contributed by atoms with Crippen molar-refractivity contribution in [1.29, 1.82) is 0 Å². The van der Waals surface area contributed by atoms with E-state index in [2.05, 4.69) is 23.8 Å².